The van der Waals surface area contributed by atoms with Gasteiger partial charge in [-0.1, -0.05) is 0 Å². The second-order valence-electron chi connectivity index (χ2n) is 2.50. The van der Waals surface area contributed by atoms with Gasteiger partial charge in [0.25, 0.3) is 6.47 Å². The summed E-state index contributed by atoms with van der Waals surface area (Å²) in [6.45, 7) is 4.70. The van der Waals surface area contributed by atoms with Crippen molar-refractivity contribution in [1.82, 2.24) is 0 Å². The minimum Gasteiger partial charge on any atom is -0.457 e. The molecule has 0 aliphatic heterocycles. The van der Waals surface area contributed by atoms with Crippen LogP contribution < -0.4 is 0 Å². The Hall–Kier alpha value is 0.130. The van der Waals surface area contributed by atoms with E-state index in [0.29, 0.717) is 18.2 Å². The van der Waals surface area contributed by atoms with E-state index in [2.05, 4.69) is 4.74 Å². The van der Waals surface area contributed by atoms with E-state index >= 15 is 0 Å². The highest BCUT2D eigenvalue weighted by Crippen LogP contribution is 2.35. The number of rotatable bonds is 7. The Balaban J connectivity index is 3.48. The summed E-state index contributed by atoms with van der Waals surface area (Å²) in [5.41, 5.74) is 0. The molecule has 0 saturated heterocycles. The summed E-state index contributed by atoms with van der Waals surface area (Å²) in [6.07, 6.45) is 0. The summed E-state index contributed by atoms with van der Waals surface area (Å²) in [4.78, 5) is 9.82. The molecule has 0 aliphatic rings. The molecule has 0 aromatic rings. The third-order valence-corrected chi connectivity index (χ3v) is 3.82. The number of thioether (sulfide) groups is 2. The zero-order valence-corrected chi connectivity index (χ0v) is 8.91. The molecule has 1 N–H and O–H groups in total. The fraction of sp³-hybridized carbons (Fsp3) is 0.857. The van der Waals surface area contributed by atoms with Gasteiger partial charge in [0, 0.05) is 5.75 Å². The average Bonchev–Trinajstić information content (AvgIpc) is 2.01. The zero-order chi connectivity index (χ0) is 9.45. The van der Waals surface area contributed by atoms with Crippen LogP contribution in [0.4, 0.5) is 0 Å². The van der Waals surface area contributed by atoms with E-state index in [-0.39, 0.29) is 10.7 Å². The number of aliphatic hydroxyl groups excluding tert-OH is 1. The van der Waals surface area contributed by atoms with E-state index in [9.17, 15) is 4.79 Å². The number of carbonyl (C=O) groups excluding carboxylic acids is 1. The van der Waals surface area contributed by atoms with Gasteiger partial charge in [0.15, 0.2) is 0 Å². The second kappa shape index (κ2) is 6.62. The third kappa shape index (κ3) is 6.82. The average molecular weight is 210 g/mol. The van der Waals surface area contributed by atoms with Crippen molar-refractivity contribution in [2.45, 2.75) is 17.9 Å². The maximum atomic E-state index is 9.82. The van der Waals surface area contributed by atoms with Crippen molar-refractivity contribution >= 4 is 30.0 Å². The minimum absolute atomic E-state index is 0.00819. The van der Waals surface area contributed by atoms with Crippen LogP contribution in [0.2, 0.25) is 0 Å². The topological polar surface area (TPSA) is 46.5 Å². The summed E-state index contributed by atoms with van der Waals surface area (Å²) < 4.78 is 4.55. The van der Waals surface area contributed by atoms with Crippen LogP contribution >= 0.6 is 23.5 Å². The Labute approximate surface area is 81.2 Å². The van der Waals surface area contributed by atoms with Crippen LogP contribution in [0, 0.1) is 0 Å². The van der Waals surface area contributed by atoms with Crippen molar-refractivity contribution in [1.29, 1.82) is 0 Å². The number of hydrogen-bond donors (Lipinski definition) is 1. The molecule has 72 valence electrons. The van der Waals surface area contributed by atoms with Gasteiger partial charge in [-0.05, 0) is 13.8 Å². The Bertz CT molecular complexity index is 128. The molecule has 0 heterocycles. The number of carbonyl (C=O) groups is 1. The molecule has 0 rings (SSSR count). The lowest BCUT2D eigenvalue weighted by Crippen LogP contribution is -2.12. The first kappa shape index (κ1) is 12.1. The van der Waals surface area contributed by atoms with Gasteiger partial charge in [0.05, 0.1) is 10.7 Å². The minimum atomic E-state index is -0.00819. The van der Waals surface area contributed by atoms with E-state index in [1.807, 2.05) is 13.8 Å². The van der Waals surface area contributed by atoms with Gasteiger partial charge in [-0.3, -0.25) is 4.79 Å². The van der Waals surface area contributed by atoms with E-state index in [1.165, 1.54) is 0 Å². The van der Waals surface area contributed by atoms with E-state index in [4.69, 9.17) is 5.11 Å². The van der Waals surface area contributed by atoms with Crippen molar-refractivity contribution in [2.24, 2.45) is 0 Å². The monoisotopic (exact) mass is 210 g/mol. The van der Waals surface area contributed by atoms with Crippen LogP contribution in [-0.4, -0.2) is 34.0 Å². The first-order valence-corrected chi connectivity index (χ1v) is 5.53. The predicted molar refractivity (Wildman–Crippen MR) is 53.2 cm³/mol. The lowest BCUT2D eigenvalue weighted by molar-refractivity contribution is -0.126. The fourth-order valence-electron chi connectivity index (χ4n) is 0.537. The lowest BCUT2D eigenvalue weighted by Gasteiger charge is -2.21. The molecular formula is C7H14O3S2. The highest BCUT2D eigenvalue weighted by atomic mass is 32.2. The first-order valence-electron chi connectivity index (χ1n) is 3.56. The predicted octanol–water partition coefficient (Wildman–Crippen LogP) is 1.31. The molecule has 0 radical (unpaired) electrons. The normalized spacial score (nSPS) is 11.2. The maximum absolute atomic E-state index is 9.82. The summed E-state index contributed by atoms with van der Waals surface area (Å²) >= 11 is 3.19. The van der Waals surface area contributed by atoms with Crippen LogP contribution in [0.1, 0.15) is 13.8 Å². The van der Waals surface area contributed by atoms with Crippen molar-refractivity contribution in [3.05, 3.63) is 0 Å². The Morgan fingerprint density at radius 3 is 2.67 bits per heavy atom. The van der Waals surface area contributed by atoms with E-state index in [1.54, 1.807) is 23.5 Å². The first-order chi connectivity index (χ1) is 5.62. The molecule has 3 nitrogen and oxygen atoms in total. The second-order valence-corrected chi connectivity index (χ2v) is 6.02. The smallest absolute Gasteiger partial charge is 0.293 e. The lowest BCUT2D eigenvalue weighted by atomic mass is 10.5. The Morgan fingerprint density at radius 1 is 1.50 bits per heavy atom. The van der Waals surface area contributed by atoms with E-state index < -0.39 is 0 Å². The third-order valence-electron chi connectivity index (χ3n) is 1.08. The molecule has 0 atom stereocenters. The molecule has 0 fully saturated rings. The molecule has 0 bridgehead atoms. The standard InChI is InChI=1S/C7H14O3S2/c1-7(2,11-4-3-8)12-6-10-5-9/h5,8H,3-4,6H2,1-2H3. The summed E-state index contributed by atoms with van der Waals surface area (Å²) in [7, 11) is 0. The quantitative estimate of drug-likeness (QED) is 0.390. The van der Waals surface area contributed by atoms with Crippen LogP contribution in [0.25, 0.3) is 0 Å². The molecule has 0 saturated carbocycles. The van der Waals surface area contributed by atoms with Gasteiger partial charge >= 0.3 is 0 Å². The highest BCUT2D eigenvalue weighted by molar-refractivity contribution is 8.18. The SMILES string of the molecule is CC(C)(SCCO)SCOC=O. The molecular weight excluding hydrogens is 196 g/mol. The summed E-state index contributed by atoms with van der Waals surface area (Å²) in [6, 6.07) is 0. The molecule has 0 unspecified atom stereocenters. The van der Waals surface area contributed by atoms with Gasteiger partial charge in [-0.15, -0.1) is 23.5 Å². The van der Waals surface area contributed by atoms with Gasteiger partial charge in [-0.2, -0.15) is 0 Å². The van der Waals surface area contributed by atoms with Gasteiger partial charge in [0.2, 0.25) is 0 Å². The highest BCUT2D eigenvalue weighted by Gasteiger charge is 2.18. The molecule has 5 heteroatoms. The molecule has 0 aliphatic carbocycles. The molecule has 0 amide bonds. The van der Waals surface area contributed by atoms with E-state index in [0.717, 1.165) is 0 Å². The molecule has 0 aromatic heterocycles. The maximum Gasteiger partial charge on any atom is 0.293 e. The van der Waals surface area contributed by atoms with Crippen LogP contribution in [0.3, 0.4) is 0 Å². The van der Waals surface area contributed by atoms with Gasteiger partial charge < -0.3 is 9.84 Å². The number of aliphatic hydroxyl groups is 1. The van der Waals surface area contributed by atoms with Gasteiger partial charge in [0.1, 0.15) is 5.94 Å². The van der Waals surface area contributed by atoms with Crippen molar-refractivity contribution in [3.8, 4) is 0 Å². The summed E-state index contributed by atoms with van der Waals surface area (Å²) in [5, 5.41) is 8.58. The van der Waals surface area contributed by atoms with Crippen LogP contribution in [-0.2, 0) is 9.53 Å². The number of hydrogen-bond acceptors (Lipinski definition) is 5. The molecule has 0 aromatic carbocycles. The number of ether oxygens (including phenoxy) is 1. The molecule has 0 spiro atoms. The molecule has 12 heavy (non-hydrogen) atoms. The van der Waals surface area contributed by atoms with Gasteiger partial charge in [-0.25, -0.2) is 0 Å². The van der Waals surface area contributed by atoms with Crippen LogP contribution in [0.5, 0.6) is 0 Å². The largest absolute Gasteiger partial charge is 0.457 e. The zero-order valence-electron chi connectivity index (χ0n) is 7.28. The Morgan fingerprint density at radius 2 is 2.17 bits per heavy atom. The van der Waals surface area contributed by atoms with Crippen molar-refractivity contribution < 1.29 is 14.6 Å². The van der Waals surface area contributed by atoms with Crippen molar-refractivity contribution in [2.75, 3.05) is 18.3 Å². The fourth-order valence-corrected chi connectivity index (χ4v) is 2.25. The van der Waals surface area contributed by atoms with Crippen molar-refractivity contribution in [3.63, 3.8) is 0 Å². The summed E-state index contributed by atoms with van der Waals surface area (Å²) in [5.74, 6) is 1.08. The Kier molecular flexibility index (Phi) is 6.70. The van der Waals surface area contributed by atoms with Crippen LogP contribution in [0.15, 0.2) is 0 Å².